The molecule has 0 aromatic heterocycles. The molecule has 0 aromatic rings. The fourth-order valence-electron chi connectivity index (χ4n) is 0.881. The molecule has 1 fully saturated rings. The molecular weight excluding hydrogens is 100 g/mol. The summed E-state index contributed by atoms with van der Waals surface area (Å²) in [5.41, 5.74) is 0. The molecule has 2 atom stereocenters. The van der Waals surface area contributed by atoms with Gasteiger partial charge in [-0.2, -0.15) is 0 Å². The van der Waals surface area contributed by atoms with E-state index in [0.29, 0.717) is 12.2 Å². The summed E-state index contributed by atoms with van der Waals surface area (Å²) in [6.07, 6.45) is 5.18. The molecule has 1 heterocycles. The van der Waals surface area contributed by atoms with E-state index in [2.05, 4.69) is 13.5 Å². The lowest BCUT2D eigenvalue weighted by atomic mass is 10.2. The summed E-state index contributed by atoms with van der Waals surface area (Å²) in [4.78, 5) is 0. The fourth-order valence-corrected chi connectivity index (χ4v) is 0.881. The molecule has 0 aliphatic carbocycles. The third-order valence-corrected chi connectivity index (χ3v) is 1.43. The van der Waals surface area contributed by atoms with Gasteiger partial charge in [-0.25, -0.2) is 0 Å². The third-order valence-electron chi connectivity index (χ3n) is 1.43. The Labute approximate surface area is 50.3 Å². The highest BCUT2D eigenvalue weighted by atomic mass is 16.6. The summed E-state index contributed by atoms with van der Waals surface area (Å²) < 4.78 is 5.19. The van der Waals surface area contributed by atoms with Crippen LogP contribution in [-0.2, 0) is 4.74 Å². The number of hydrogen-bond acceptors (Lipinski definition) is 1. The zero-order valence-electron chi connectivity index (χ0n) is 5.26. The van der Waals surface area contributed by atoms with Crippen LogP contribution in [0.25, 0.3) is 0 Å². The van der Waals surface area contributed by atoms with Crippen LogP contribution in [0.2, 0.25) is 0 Å². The van der Waals surface area contributed by atoms with E-state index in [4.69, 9.17) is 4.74 Å². The monoisotopic (exact) mass is 112 g/mol. The molecule has 1 saturated heterocycles. The van der Waals surface area contributed by atoms with Crippen molar-refractivity contribution < 1.29 is 4.74 Å². The Morgan fingerprint density at radius 2 is 2.50 bits per heavy atom. The van der Waals surface area contributed by atoms with Crippen LogP contribution >= 0.6 is 0 Å². The molecule has 1 nitrogen and oxygen atoms in total. The summed E-state index contributed by atoms with van der Waals surface area (Å²) in [7, 11) is 0. The second-order valence-corrected chi connectivity index (χ2v) is 2.16. The van der Waals surface area contributed by atoms with Crippen molar-refractivity contribution in [1.29, 1.82) is 0 Å². The molecule has 0 radical (unpaired) electrons. The molecule has 0 unspecified atom stereocenters. The number of epoxide rings is 1. The Kier molecular flexibility index (Phi) is 1.69. The van der Waals surface area contributed by atoms with E-state index in [1.165, 1.54) is 12.8 Å². The van der Waals surface area contributed by atoms with E-state index < -0.39 is 0 Å². The van der Waals surface area contributed by atoms with Crippen LogP contribution in [0, 0.1) is 0 Å². The highest BCUT2D eigenvalue weighted by Crippen LogP contribution is 2.26. The van der Waals surface area contributed by atoms with Gasteiger partial charge < -0.3 is 4.74 Å². The summed E-state index contributed by atoms with van der Waals surface area (Å²) in [5, 5.41) is 0. The molecule has 0 amide bonds. The van der Waals surface area contributed by atoms with Crippen molar-refractivity contribution in [2.45, 2.75) is 32.0 Å². The van der Waals surface area contributed by atoms with E-state index in [1.807, 2.05) is 6.08 Å². The highest BCUT2D eigenvalue weighted by Gasteiger charge is 2.34. The van der Waals surface area contributed by atoms with Crippen LogP contribution in [0.5, 0.6) is 0 Å². The maximum Gasteiger partial charge on any atom is 0.102 e. The van der Waals surface area contributed by atoms with Gasteiger partial charge in [-0.15, -0.1) is 6.58 Å². The minimum absolute atomic E-state index is 0.384. The van der Waals surface area contributed by atoms with Gasteiger partial charge in [0.1, 0.15) is 6.10 Å². The van der Waals surface area contributed by atoms with Crippen LogP contribution in [0.15, 0.2) is 12.7 Å². The molecular formula is C7H12O. The Bertz CT molecular complexity index is 88.4. The van der Waals surface area contributed by atoms with E-state index in [0.717, 1.165) is 0 Å². The number of hydrogen-bond donors (Lipinski definition) is 0. The molecule has 8 heavy (non-hydrogen) atoms. The summed E-state index contributed by atoms with van der Waals surface area (Å²) in [6.45, 7) is 5.80. The van der Waals surface area contributed by atoms with Gasteiger partial charge in [0.05, 0.1) is 6.10 Å². The first kappa shape index (κ1) is 5.83. The average molecular weight is 112 g/mol. The molecule has 0 spiro atoms. The topological polar surface area (TPSA) is 12.5 Å². The van der Waals surface area contributed by atoms with E-state index in [-0.39, 0.29) is 0 Å². The van der Waals surface area contributed by atoms with Crippen molar-refractivity contribution in [3.05, 3.63) is 12.7 Å². The summed E-state index contributed by atoms with van der Waals surface area (Å²) in [6, 6.07) is 0. The molecule has 1 aliphatic heterocycles. The maximum absolute atomic E-state index is 5.19. The van der Waals surface area contributed by atoms with Crippen LogP contribution in [0.4, 0.5) is 0 Å². The molecule has 1 heteroatoms. The average Bonchev–Trinajstić information content (AvgIpc) is 2.48. The Hall–Kier alpha value is -0.300. The Morgan fingerprint density at radius 1 is 1.75 bits per heavy atom. The summed E-state index contributed by atoms with van der Waals surface area (Å²) in [5.74, 6) is 0. The van der Waals surface area contributed by atoms with Gasteiger partial charge in [0.25, 0.3) is 0 Å². The minimum Gasteiger partial charge on any atom is -0.365 e. The maximum atomic E-state index is 5.19. The Balaban J connectivity index is 2.07. The summed E-state index contributed by atoms with van der Waals surface area (Å²) >= 11 is 0. The molecule has 0 bridgehead atoms. The van der Waals surface area contributed by atoms with Crippen molar-refractivity contribution in [2.24, 2.45) is 0 Å². The van der Waals surface area contributed by atoms with Crippen molar-refractivity contribution in [2.75, 3.05) is 0 Å². The van der Waals surface area contributed by atoms with Gasteiger partial charge in [0.15, 0.2) is 0 Å². The minimum atomic E-state index is 0.384. The van der Waals surface area contributed by atoms with E-state index in [1.54, 1.807) is 0 Å². The highest BCUT2D eigenvalue weighted by molar-refractivity contribution is 4.97. The lowest BCUT2D eigenvalue weighted by Gasteiger charge is -1.82. The SMILES string of the molecule is C=C[C@@H]1O[C@@H]1CCC. The van der Waals surface area contributed by atoms with E-state index >= 15 is 0 Å². The fraction of sp³-hybridized carbons (Fsp3) is 0.714. The van der Waals surface area contributed by atoms with Crippen molar-refractivity contribution in [3.63, 3.8) is 0 Å². The first-order chi connectivity index (χ1) is 3.88. The van der Waals surface area contributed by atoms with Crippen LogP contribution in [-0.4, -0.2) is 12.2 Å². The number of ether oxygens (including phenoxy) is 1. The van der Waals surface area contributed by atoms with E-state index in [9.17, 15) is 0 Å². The molecule has 1 rings (SSSR count). The van der Waals surface area contributed by atoms with Gasteiger partial charge in [-0.05, 0) is 6.42 Å². The van der Waals surface area contributed by atoms with Crippen LogP contribution in [0.3, 0.4) is 0 Å². The largest absolute Gasteiger partial charge is 0.365 e. The lowest BCUT2D eigenvalue weighted by molar-refractivity contribution is 0.378. The van der Waals surface area contributed by atoms with Gasteiger partial charge in [-0.1, -0.05) is 19.4 Å². The zero-order valence-corrected chi connectivity index (χ0v) is 5.26. The van der Waals surface area contributed by atoms with Crippen LogP contribution in [0.1, 0.15) is 19.8 Å². The predicted octanol–water partition coefficient (Wildman–Crippen LogP) is 1.74. The van der Waals surface area contributed by atoms with Gasteiger partial charge in [0.2, 0.25) is 0 Å². The molecule has 1 aliphatic rings. The van der Waals surface area contributed by atoms with Crippen molar-refractivity contribution >= 4 is 0 Å². The van der Waals surface area contributed by atoms with Crippen LogP contribution < -0.4 is 0 Å². The van der Waals surface area contributed by atoms with Gasteiger partial charge >= 0.3 is 0 Å². The first-order valence-corrected chi connectivity index (χ1v) is 3.16. The smallest absolute Gasteiger partial charge is 0.102 e. The normalized spacial score (nSPS) is 34.6. The van der Waals surface area contributed by atoms with Gasteiger partial charge in [0, 0.05) is 0 Å². The quantitative estimate of drug-likeness (QED) is 0.400. The standard InChI is InChI=1S/C7H12O/c1-3-5-7-6(4-2)8-7/h4,6-7H,2-3,5H2,1H3/t6-,7+/m0/s1. The molecule has 0 aromatic carbocycles. The lowest BCUT2D eigenvalue weighted by Crippen LogP contribution is -1.87. The second-order valence-electron chi connectivity index (χ2n) is 2.16. The van der Waals surface area contributed by atoms with Gasteiger partial charge in [-0.3, -0.25) is 0 Å². The molecule has 0 N–H and O–H groups in total. The predicted molar refractivity (Wildman–Crippen MR) is 33.8 cm³/mol. The molecule has 46 valence electrons. The number of rotatable bonds is 3. The third kappa shape index (κ3) is 1.10. The first-order valence-electron chi connectivity index (χ1n) is 3.16. The zero-order chi connectivity index (χ0) is 5.98. The molecule has 0 saturated carbocycles. The second kappa shape index (κ2) is 2.31. The van der Waals surface area contributed by atoms with Crippen molar-refractivity contribution in [3.8, 4) is 0 Å². The van der Waals surface area contributed by atoms with Crippen molar-refractivity contribution in [1.82, 2.24) is 0 Å². The Morgan fingerprint density at radius 3 is 2.88 bits per heavy atom.